The topological polar surface area (TPSA) is 73.6 Å². The molecule has 2 aromatic heterocycles. The number of anilines is 1. The standard InChI is InChI=1S/C18H23N5O2/c1-13-18(23-9-5-4-6-16(23)22-13)15(19-2)11-25-12-21-14-7-8-17(24-3)20-10-14/h7-8,10-11,21H,2,4-6,9,12H2,1,3H3/b15-11-. The largest absolute Gasteiger partial charge is 0.481 e. The molecule has 0 amide bonds. The van der Waals surface area contributed by atoms with Gasteiger partial charge >= 0.3 is 0 Å². The van der Waals surface area contributed by atoms with Crippen LogP contribution in [-0.4, -0.2) is 35.1 Å². The molecule has 7 heteroatoms. The summed E-state index contributed by atoms with van der Waals surface area (Å²) in [5.74, 6) is 1.70. The zero-order valence-electron chi connectivity index (χ0n) is 14.7. The summed E-state index contributed by atoms with van der Waals surface area (Å²) in [6.07, 6.45) is 6.68. The average molecular weight is 341 g/mol. The maximum Gasteiger partial charge on any atom is 0.213 e. The van der Waals surface area contributed by atoms with Crippen molar-refractivity contribution in [1.29, 1.82) is 0 Å². The molecule has 0 spiro atoms. The molecule has 0 atom stereocenters. The summed E-state index contributed by atoms with van der Waals surface area (Å²) in [4.78, 5) is 12.9. The lowest BCUT2D eigenvalue weighted by Gasteiger charge is -2.16. The van der Waals surface area contributed by atoms with Crippen LogP contribution in [0.25, 0.3) is 5.70 Å². The normalized spacial score (nSPS) is 13.9. The second-order valence-electron chi connectivity index (χ2n) is 5.81. The summed E-state index contributed by atoms with van der Waals surface area (Å²) < 4.78 is 12.9. The van der Waals surface area contributed by atoms with E-state index in [1.807, 2.05) is 13.0 Å². The van der Waals surface area contributed by atoms with E-state index in [1.54, 1.807) is 25.6 Å². The highest BCUT2D eigenvalue weighted by atomic mass is 16.5. The molecule has 0 aliphatic carbocycles. The number of pyridine rings is 1. The van der Waals surface area contributed by atoms with Crippen LogP contribution in [0.1, 0.15) is 30.1 Å². The fourth-order valence-corrected chi connectivity index (χ4v) is 2.96. The Bertz CT molecular complexity index is 765. The Labute approximate surface area is 147 Å². The van der Waals surface area contributed by atoms with E-state index in [0.29, 0.717) is 18.3 Å². The molecule has 2 aromatic rings. The van der Waals surface area contributed by atoms with Gasteiger partial charge in [0.25, 0.3) is 0 Å². The predicted molar refractivity (Wildman–Crippen MR) is 97.8 cm³/mol. The summed E-state index contributed by atoms with van der Waals surface area (Å²) in [5.41, 5.74) is 3.51. The van der Waals surface area contributed by atoms with Crippen molar-refractivity contribution in [3.63, 3.8) is 0 Å². The Morgan fingerprint density at radius 3 is 3.04 bits per heavy atom. The number of imidazole rings is 1. The van der Waals surface area contributed by atoms with Crippen LogP contribution < -0.4 is 10.1 Å². The molecule has 3 heterocycles. The number of hydrogen-bond acceptors (Lipinski definition) is 6. The summed E-state index contributed by atoms with van der Waals surface area (Å²) in [5, 5.41) is 3.13. The van der Waals surface area contributed by atoms with Crippen LogP contribution in [0.2, 0.25) is 0 Å². The molecule has 0 saturated carbocycles. The molecule has 0 unspecified atom stereocenters. The lowest BCUT2D eigenvalue weighted by atomic mass is 10.1. The Morgan fingerprint density at radius 2 is 2.32 bits per heavy atom. The maximum absolute atomic E-state index is 5.61. The predicted octanol–water partition coefficient (Wildman–Crippen LogP) is 3.02. The smallest absolute Gasteiger partial charge is 0.213 e. The number of aryl methyl sites for hydroxylation is 2. The molecular weight excluding hydrogens is 318 g/mol. The number of ether oxygens (including phenoxy) is 2. The molecule has 0 aromatic carbocycles. The number of nitrogens with zero attached hydrogens (tertiary/aromatic N) is 4. The zero-order chi connectivity index (χ0) is 17.6. The van der Waals surface area contributed by atoms with Crippen molar-refractivity contribution >= 4 is 18.1 Å². The quantitative estimate of drug-likeness (QED) is 0.363. The third-order valence-corrected chi connectivity index (χ3v) is 4.17. The zero-order valence-corrected chi connectivity index (χ0v) is 14.7. The van der Waals surface area contributed by atoms with Crippen LogP contribution in [0, 0.1) is 6.92 Å². The third-order valence-electron chi connectivity index (χ3n) is 4.17. The van der Waals surface area contributed by atoms with Crippen LogP contribution in [0.4, 0.5) is 5.69 Å². The van der Waals surface area contributed by atoms with Crippen LogP contribution >= 0.6 is 0 Å². The number of aromatic nitrogens is 3. The molecular formula is C18H23N5O2. The Hall–Kier alpha value is -2.83. The third kappa shape index (κ3) is 3.81. The van der Waals surface area contributed by atoms with Crippen LogP contribution in [0.15, 0.2) is 29.6 Å². The van der Waals surface area contributed by atoms with Crippen molar-refractivity contribution in [1.82, 2.24) is 14.5 Å². The van der Waals surface area contributed by atoms with Crippen molar-refractivity contribution in [2.45, 2.75) is 32.7 Å². The minimum Gasteiger partial charge on any atom is -0.481 e. The second-order valence-corrected chi connectivity index (χ2v) is 5.81. The van der Waals surface area contributed by atoms with Gasteiger partial charge in [0.05, 0.1) is 30.4 Å². The van der Waals surface area contributed by atoms with Gasteiger partial charge < -0.3 is 19.4 Å². The average Bonchev–Trinajstić information content (AvgIpc) is 2.98. The van der Waals surface area contributed by atoms with Gasteiger partial charge in [-0.05, 0) is 32.5 Å². The fourth-order valence-electron chi connectivity index (χ4n) is 2.96. The first-order valence-electron chi connectivity index (χ1n) is 8.31. The first kappa shape index (κ1) is 17.0. The second kappa shape index (κ2) is 7.83. The lowest BCUT2D eigenvalue weighted by Crippen LogP contribution is -2.13. The summed E-state index contributed by atoms with van der Waals surface area (Å²) in [6, 6.07) is 3.67. The first-order valence-corrected chi connectivity index (χ1v) is 8.31. The van der Waals surface area contributed by atoms with Crippen molar-refractivity contribution in [2.75, 3.05) is 19.2 Å². The summed E-state index contributed by atoms with van der Waals surface area (Å²) >= 11 is 0. The van der Waals surface area contributed by atoms with Crippen LogP contribution in [0.3, 0.4) is 0 Å². The fraction of sp³-hybridized carbons (Fsp3) is 0.389. The molecule has 0 radical (unpaired) electrons. The van der Waals surface area contributed by atoms with E-state index in [4.69, 9.17) is 9.47 Å². The van der Waals surface area contributed by atoms with Gasteiger partial charge in [-0.15, -0.1) is 0 Å². The van der Waals surface area contributed by atoms with Crippen molar-refractivity contribution in [2.24, 2.45) is 4.99 Å². The van der Waals surface area contributed by atoms with Crippen LogP contribution in [0.5, 0.6) is 5.88 Å². The van der Waals surface area contributed by atoms with E-state index < -0.39 is 0 Å². The van der Waals surface area contributed by atoms with Gasteiger partial charge in [0.1, 0.15) is 17.8 Å². The van der Waals surface area contributed by atoms with E-state index in [1.165, 1.54) is 6.42 Å². The Kier molecular flexibility index (Phi) is 5.33. The molecule has 7 nitrogen and oxygen atoms in total. The Morgan fingerprint density at radius 1 is 1.44 bits per heavy atom. The number of nitrogens with one attached hydrogen (secondary N) is 1. The van der Waals surface area contributed by atoms with E-state index in [2.05, 4.69) is 31.6 Å². The van der Waals surface area contributed by atoms with Gasteiger partial charge in [-0.2, -0.15) is 0 Å². The van der Waals surface area contributed by atoms with Gasteiger partial charge in [-0.3, -0.25) is 4.99 Å². The molecule has 3 rings (SSSR count). The molecule has 0 fully saturated rings. The lowest BCUT2D eigenvalue weighted by molar-refractivity contribution is 0.276. The van der Waals surface area contributed by atoms with E-state index in [-0.39, 0.29) is 0 Å². The van der Waals surface area contributed by atoms with Crippen molar-refractivity contribution in [3.05, 3.63) is 41.8 Å². The van der Waals surface area contributed by atoms with Crippen molar-refractivity contribution in [3.8, 4) is 5.88 Å². The SMILES string of the molecule is C=N/C(=C\OCNc1ccc(OC)nc1)c1c(C)nc2n1CCCC2. The highest BCUT2D eigenvalue weighted by Crippen LogP contribution is 2.26. The number of rotatable bonds is 7. The summed E-state index contributed by atoms with van der Waals surface area (Å²) in [7, 11) is 1.59. The monoisotopic (exact) mass is 341 g/mol. The highest BCUT2D eigenvalue weighted by molar-refractivity contribution is 5.67. The molecule has 1 aliphatic rings. The van der Waals surface area contributed by atoms with Gasteiger partial charge in [0, 0.05) is 19.0 Å². The van der Waals surface area contributed by atoms with E-state index in [9.17, 15) is 0 Å². The first-order chi connectivity index (χ1) is 12.2. The molecule has 0 saturated heterocycles. The van der Waals surface area contributed by atoms with Gasteiger partial charge in [-0.1, -0.05) is 0 Å². The van der Waals surface area contributed by atoms with E-state index >= 15 is 0 Å². The Balaban J connectivity index is 1.65. The van der Waals surface area contributed by atoms with Gasteiger partial charge in [0.2, 0.25) is 5.88 Å². The molecule has 1 N–H and O–H groups in total. The van der Waals surface area contributed by atoms with Gasteiger partial charge in [0.15, 0.2) is 6.73 Å². The molecule has 25 heavy (non-hydrogen) atoms. The van der Waals surface area contributed by atoms with Crippen molar-refractivity contribution < 1.29 is 9.47 Å². The minimum atomic E-state index is 0.299. The molecule has 132 valence electrons. The maximum atomic E-state index is 5.61. The van der Waals surface area contributed by atoms with Crippen LogP contribution in [-0.2, 0) is 17.7 Å². The van der Waals surface area contributed by atoms with E-state index in [0.717, 1.165) is 42.3 Å². The number of aliphatic imine (C=N–C) groups is 1. The molecule has 1 aliphatic heterocycles. The van der Waals surface area contributed by atoms with Gasteiger partial charge in [-0.25, -0.2) is 9.97 Å². The minimum absolute atomic E-state index is 0.299. The number of methoxy groups -OCH3 is 1. The summed E-state index contributed by atoms with van der Waals surface area (Å²) in [6.45, 7) is 6.95. The molecule has 0 bridgehead atoms. The highest BCUT2D eigenvalue weighted by Gasteiger charge is 2.19. The number of hydrogen-bond donors (Lipinski definition) is 1. The number of fused-ring (bicyclic) bond motifs is 1.